The first-order chi connectivity index (χ1) is 7.98. The summed E-state index contributed by atoms with van der Waals surface area (Å²) in [4.78, 5) is -0.596. The van der Waals surface area contributed by atoms with E-state index < -0.39 is 27.1 Å². The number of aryl methyl sites for hydroxylation is 2. The Hall–Kier alpha value is -1.18. The van der Waals surface area contributed by atoms with Gasteiger partial charge in [0.15, 0.2) is 0 Å². The van der Waals surface area contributed by atoms with Crippen molar-refractivity contribution in [2.75, 3.05) is 5.73 Å². The Morgan fingerprint density at radius 1 is 1.06 bits per heavy atom. The van der Waals surface area contributed by atoms with E-state index in [0.29, 0.717) is 11.1 Å². The summed E-state index contributed by atoms with van der Waals surface area (Å²) in [5.41, 5.74) is 6.41. The van der Waals surface area contributed by atoms with Crippen LogP contribution in [-0.2, 0) is 10.8 Å². The molecule has 2 nitrogen and oxygen atoms in total. The molecule has 1 aromatic rings. The highest BCUT2D eigenvalue weighted by Gasteiger charge is 2.62. The molecule has 0 radical (unpaired) electrons. The number of benzene rings is 1. The van der Waals surface area contributed by atoms with Gasteiger partial charge in [0.05, 0.1) is 0 Å². The van der Waals surface area contributed by atoms with Crippen molar-refractivity contribution in [3.8, 4) is 0 Å². The molecule has 1 aromatic carbocycles. The van der Waals surface area contributed by atoms with Crippen molar-refractivity contribution in [1.82, 2.24) is 0 Å². The van der Waals surface area contributed by atoms with Crippen LogP contribution >= 0.6 is 0 Å². The number of nitrogens with two attached hydrogens (primary N) is 1. The molecule has 1 atom stereocenters. The molecule has 0 saturated heterocycles. The summed E-state index contributed by atoms with van der Waals surface area (Å²) in [6.07, 6.45) is -5.86. The molecule has 102 valence electrons. The van der Waals surface area contributed by atoms with E-state index in [1.54, 1.807) is 0 Å². The average molecular weight is 287 g/mol. The smallest absolute Gasteiger partial charge is 0.398 e. The standard InChI is InChI=1S/C10H10F5NOS/c1-5-3-7(4-6(2)8(5)16)18(17)10(14,15)9(11,12)13/h3-4H,16H2,1-2H3. The molecule has 0 aliphatic rings. The lowest BCUT2D eigenvalue weighted by Crippen LogP contribution is -2.40. The monoisotopic (exact) mass is 287 g/mol. The van der Waals surface area contributed by atoms with Crippen molar-refractivity contribution in [2.45, 2.75) is 30.2 Å². The predicted octanol–water partition coefficient (Wildman–Crippen LogP) is 3.15. The van der Waals surface area contributed by atoms with Crippen molar-refractivity contribution in [3.63, 3.8) is 0 Å². The van der Waals surface area contributed by atoms with Crippen molar-refractivity contribution in [1.29, 1.82) is 0 Å². The molecule has 8 heteroatoms. The lowest BCUT2D eigenvalue weighted by molar-refractivity contribution is -0.239. The molecule has 1 unspecified atom stereocenters. The van der Waals surface area contributed by atoms with E-state index in [2.05, 4.69) is 0 Å². The highest BCUT2D eigenvalue weighted by Crippen LogP contribution is 2.41. The summed E-state index contributed by atoms with van der Waals surface area (Å²) in [6, 6.07) is 1.94. The molecule has 0 heterocycles. The van der Waals surface area contributed by atoms with Crippen LogP contribution in [0.2, 0.25) is 0 Å². The molecule has 18 heavy (non-hydrogen) atoms. The van der Waals surface area contributed by atoms with Crippen LogP contribution < -0.4 is 5.73 Å². The quantitative estimate of drug-likeness (QED) is 0.670. The molecule has 0 fully saturated rings. The molecule has 1 rings (SSSR count). The zero-order valence-electron chi connectivity index (χ0n) is 9.44. The van der Waals surface area contributed by atoms with Crippen LogP contribution in [0.1, 0.15) is 11.1 Å². The summed E-state index contributed by atoms with van der Waals surface area (Å²) in [7, 11) is -3.51. The van der Waals surface area contributed by atoms with E-state index in [4.69, 9.17) is 5.73 Å². The Kier molecular flexibility index (Phi) is 3.71. The fraction of sp³-hybridized carbons (Fsp3) is 0.400. The van der Waals surface area contributed by atoms with E-state index >= 15 is 0 Å². The van der Waals surface area contributed by atoms with Gasteiger partial charge in [0.25, 0.3) is 0 Å². The number of hydrogen-bond acceptors (Lipinski definition) is 2. The zero-order chi connectivity index (χ0) is 14.3. The number of alkyl halides is 5. The van der Waals surface area contributed by atoms with Crippen LogP contribution in [0.4, 0.5) is 27.6 Å². The summed E-state index contributed by atoms with van der Waals surface area (Å²) < 4.78 is 73.4. The highest BCUT2D eigenvalue weighted by atomic mass is 32.2. The minimum Gasteiger partial charge on any atom is -0.398 e. The van der Waals surface area contributed by atoms with Gasteiger partial charge >= 0.3 is 11.4 Å². The van der Waals surface area contributed by atoms with Crippen molar-refractivity contribution in [2.24, 2.45) is 0 Å². The Morgan fingerprint density at radius 2 is 1.44 bits per heavy atom. The third-order valence-corrected chi connectivity index (χ3v) is 3.71. The maximum Gasteiger partial charge on any atom is 0.467 e. The summed E-state index contributed by atoms with van der Waals surface area (Å²) in [5, 5.41) is -5.29. The van der Waals surface area contributed by atoms with Gasteiger partial charge in [-0.15, -0.1) is 0 Å². The molecule has 0 spiro atoms. The second-order valence-corrected chi connectivity index (χ2v) is 5.28. The second kappa shape index (κ2) is 4.49. The number of nitrogen functional groups attached to an aromatic ring is 1. The zero-order valence-corrected chi connectivity index (χ0v) is 10.3. The van der Waals surface area contributed by atoms with E-state index in [1.807, 2.05) is 0 Å². The number of anilines is 1. The van der Waals surface area contributed by atoms with E-state index in [-0.39, 0.29) is 5.69 Å². The van der Waals surface area contributed by atoms with E-state index in [0.717, 1.165) is 12.1 Å². The molecule has 0 amide bonds. The van der Waals surface area contributed by atoms with E-state index in [9.17, 15) is 26.2 Å². The molecular weight excluding hydrogens is 277 g/mol. The maximum absolute atomic E-state index is 12.9. The molecule has 0 aliphatic heterocycles. The molecule has 0 bridgehead atoms. The molecule has 0 aromatic heterocycles. The number of halogens is 5. The van der Waals surface area contributed by atoms with Crippen LogP contribution in [0.25, 0.3) is 0 Å². The largest absolute Gasteiger partial charge is 0.467 e. The first kappa shape index (κ1) is 14.9. The lowest BCUT2D eigenvalue weighted by Gasteiger charge is -2.19. The molecule has 0 saturated carbocycles. The van der Waals surface area contributed by atoms with Crippen LogP contribution in [0, 0.1) is 13.8 Å². The van der Waals surface area contributed by atoms with Crippen LogP contribution in [-0.4, -0.2) is 15.6 Å². The van der Waals surface area contributed by atoms with Crippen molar-refractivity contribution < 1.29 is 26.2 Å². The Labute approximate surface area is 102 Å². The summed E-state index contributed by atoms with van der Waals surface area (Å²) in [5.74, 6) is 0. The fourth-order valence-electron chi connectivity index (χ4n) is 1.30. The van der Waals surface area contributed by atoms with Crippen molar-refractivity contribution >= 4 is 16.5 Å². The average Bonchev–Trinajstić information content (AvgIpc) is 2.22. The molecular formula is C10H10F5NOS. The number of rotatable bonds is 2. The molecule has 2 N–H and O–H groups in total. The third-order valence-electron chi connectivity index (χ3n) is 2.34. The lowest BCUT2D eigenvalue weighted by atomic mass is 10.1. The van der Waals surface area contributed by atoms with Crippen LogP contribution in [0.15, 0.2) is 17.0 Å². The maximum atomic E-state index is 12.9. The van der Waals surface area contributed by atoms with Gasteiger partial charge in [-0.2, -0.15) is 22.0 Å². The van der Waals surface area contributed by atoms with Gasteiger partial charge in [-0.25, -0.2) is 4.21 Å². The highest BCUT2D eigenvalue weighted by molar-refractivity contribution is 7.86. The van der Waals surface area contributed by atoms with Crippen LogP contribution in [0.5, 0.6) is 0 Å². The molecule has 0 aliphatic carbocycles. The predicted molar refractivity (Wildman–Crippen MR) is 57.7 cm³/mol. The third kappa shape index (κ3) is 2.47. The fourth-order valence-corrected chi connectivity index (χ4v) is 2.37. The Morgan fingerprint density at radius 3 is 1.78 bits per heavy atom. The minimum atomic E-state index is -5.86. The summed E-state index contributed by atoms with van der Waals surface area (Å²) in [6.45, 7) is 2.88. The van der Waals surface area contributed by atoms with Gasteiger partial charge in [-0.3, -0.25) is 0 Å². The van der Waals surface area contributed by atoms with Gasteiger partial charge in [-0.1, -0.05) is 0 Å². The number of hydrogen-bond donors (Lipinski definition) is 1. The van der Waals surface area contributed by atoms with Gasteiger partial charge in [0, 0.05) is 10.6 Å². The van der Waals surface area contributed by atoms with Crippen molar-refractivity contribution in [3.05, 3.63) is 23.3 Å². The van der Waals surface area contributed by atoms with Gasteiger partial charge in [0.1, 0.15) is 10.8 Å². The van der Waals surface area contributed by atoms with Gasteiger partial charge < -0.3 is 5.73 Å². The van der Waals surface area contributed by atoms with Crippen LogP contribution in [0.3, 0.4) is 0 Å². The Bertz CT molecular complexity index is 475. The SMILES string of the molecule is Cc1cc(S(=O)C(F)(F)C(F)(F)F)cc(C)c1N. The summed E-state index contributed by atoms with van der Waals surface area (Å²) >= 11 is 0. The first-order valence-corrected chi connectivity index (χ1v) is 5.86. The topological polar surface area (TPSA) is 43.1 Å². The second-order valence-electron chi connectivity index (χ2n) is 3.75. The normalized spacial score (nSPS) is 14.6. The van der Waals surface area contributed by atoms with Gasteiger partial charge in [-0.05, 0) is 37.1 Å². The first-order valence-electron chi connectivity index (χ1n) is 4.71. The van der Waals surface area contributed by atoms with E-state index in [1.165, 1.54) is 13.8 Å². The Balaban J connectivity index is 3.29. The van der Waals surface area contributed by atoms with Gasteiger partial charge in [0.2, 0.25) is 0 Å². The minimum absolute atomic E-state index is 0.270.